The van der Waals surface area contributed by atoms with E-state index in [0.717, 1.165) is 24.8 Å². The van der Waals surface area contributed by atoms with Crippen molar-refractivity contribution in [3.05, 3.63) is 35.4 Å². The van der Waals surface area contributed by atoms with Crippen LogP contribution in [0.3, 0.4) is 0 Å². The summed E-state index contributed by atoms with van der Waals surface area (Å²) in [6.45, 7) is 0. The molecule has 1 saturated carbocycles. The highest BCUT2D eigenvalue weighted by atomic mass is 16.3. The molecule has 2 heteroatoms. The first kappa shape index (κ1) is 8.28. The Kier molecular flexibility index (Phi) is 1.82. The summed E-state index contributed by atoms with van der Waals surface area (Å²) in [5, 5.41) is 18.9. The zero-order valence-electron chi connectivity index (χ0n) is 7.33. The van der Waals surface area contributed by atoms with E-state index in [2.05, 4.69) is 6.07 Å². The van der Waals surface area contributed by atoms with Gasteiger partial charge in [0.2, 0.25) is 0 Å². The van der Waals surface area contributed by atoms with Crippen LogP contribution in [0.2, 0.25) is 0 Å². The molecule has 1 aromatic rings. The molecule has 0 radical (unpaired) electrons. The Hall–Kier alpha value is -1.33. The van der Waals surface area contributed by atoms with Crippen LogP contribution in [-0.4, -0.2) is 5.11 Å². The highest BCUT2D eigenvalue weighted by Gasteiger charge is 2.37. The molecule has 2 rings (SSSR count). The van der Waals surface area contributed by atoms with Gasteiger partial charge in [0.1, 0.15) is 0 Å². The number of nitriles is 1. The molecule has 2 nitrogen and oxygen atoms in total. The van der Waals surface area contributed by atoms with Crippen molar-refractivity contribution in [3.63, 3.8) is 0 Å². The Morgan fingerprint density at radius 3 is 2.54 bits per heavy atom. The van der Waals surface area contributed by atoms with Crippen LogP contribution >= 0.6 is 0 Å². The fourth-order valence-electron chi connectivity index (χ4n) is 1.77. The maximum atomic E-state index is 10.0. The number of aliphatic hydroxyl groups is 1. The third-order valence-electron chi connectivity index (χ3n) is 2.73. The second-order valence-electron chi connectivity index (χ2n) is 3.54. The molecular formula is C11H11NO. The maximum Gasteiger partial charge on any atom is 0.0995 e. The molecule has 1 fully saturated rings. The van der Waals surface area contributed by atoms with Crippen LogP contribution < -0.4 is 0 Å². The average molecular weight is 173 g/mol. The van der Waals surface area contributed by atoms with Crippen LogP contribution in [0.15, 0.2) is 24.3 Å². The summed E-state index contributed by atoms with van der Waals surface area (Å²) >= 11 is 0. The number of benzene rings is 1. The van der Waals surface area contributed by atoms with Gasteiger partial charge >= 0.3 is 0 Å². The number of hydrogen-bond donors (Lipinski definition) is 1. The molecule has 0 saturated heterocycles. The summed E-state index contributed by atoms with van der Waals surface area (Å²) in [5.41, 5.74) is 0.681. The van der Waals surface area contributed by atoms with E-state index in [9.17, 15) is 5.11 Å². The van der Waals surface area contributed by atoms with E-state index in [4.69, 9.17) is 5.26 Å². The van der Waals surface area contributed by atoms with Crippen molar-refractivity contribution in [2.75, 3.05) is 0 Å². The predicted octanol–water partition coefficient (Wildman–Crippen LogP) is 1.93. The van der Waals surface area contributed by atoms with Crippen LogP contribution in [0.25, 0.3) is 0 Å². The molecule has 1 aliphatic rings. The monoisotopic (exact) mass is 173 g/mol. The van der Waals surface area contributed by atoms with Crippen LogP contribution in [0, 0.1) is 11.3 Å². The summed E-state index contributed by atoms with van der Waals surface area (Å²) in [6, 6.07) is 9.40. The topological polar surface area (TPSA) is 44.0 Å². The standard InChI is InChI=1S/C11H11NO/c12-8-9-4-1-2-5-10(9)11(13)6-3-7-11/h1-2,4-5,13H,3,6-7H2. The van der Waals surface area contributed by atoms with Crippen molar-refractivity contribution in [1.29, 1.82) is 5.26 Å². The Balaban J connectivity index is 2.45. The van der Waals surface area contributed by atoms with E-state index < -0.39 is 5.60 Å². The predicted molar refractivity (Wildman–Crippen MR) is 48.9 cm³/mol. The molecule has 13 heavy (non-hydrogen) atoms. The van der Waals surface area contributed by atoms with E-state index in [-0.39, 0.29) is 0 Å². The minimum Gasteiger partial charge on any atom is -0.385 e. The highest BCUT2D eigenvalue weighted by molar-refractivity contribution is 5.41. The van der Waals surface area contributed by atoms with Crippen molar-refractivity contribution >= 4 is 0 Å². The van der Waals surface area contributed by atoms with Crippen molar-refractivity contribution in [3.8, 4) is 6.07 Å². The molecule has 0 aliphatic heterocycles. The fraction of sp³-hybridized carbons (Fsp3) is 0.364. The van der Waals surface area contributed by atoms with Gasteiger partial charge in [-0.05, 0) is 25.3 Å². The summed E-state index contributed by atoms with van der Waals surface area (Å²) < 4.78 is 0. The van der Waals surface area contributed by atoms with Crippen molar-refractivity contribution < 1.29 is 5.11 Å². The number of rotatable bonds is 1. The minimum absolute atomic E-state index is 0.602. The molecular weight excluding hydrogens is 162 g/mol. The third-order valence-corrected chi connectivity index (χ3v) is 2.73. The zero-order valence-corrected chi connectivity index (χ0v) is 7.33. The van der Waals surface area contributed by atoms with Gasteiger partial charge < -0.3 is 5.11 Å². The second kappa shape index (κ2) is 2.86. The molecule has 0 aromatic heterocycles. The van der Waals surface area contributed by atoms with E-state index in [0.29, 0.717) is 5.56 Å². The first-order valence-corrected chi connectivity index (χ1v) is 4.48. The van der Waals surface area contributed by atoms with Gasteiger partial charge in [-0.3, -0.25) is 0 Å². The Labute approximate surface area is 77.4 Å². The third kappa shape index (κ3) is 1.22. The molecule has 0 spiro atoms. The van der Waals surface area contributed by atoms with Gasteiger partial charge in [0.05, 0.1) is 17.2 Å². The molecule has 1 aromatic carbocycles. The van der Waals surface area contributed by atoms with E-state index in [1.807, 2.05) is 18.2 Å². The lowest BCUT2D eigenvalue weighted by atomic mass is 9.74. The normalized spacial score (nSPS) is 18.8. The minimum atomic E-state index is -0.716. The smallest absolute Gasteiger partial charge is 0.0995 e. The van der Waals surface area contributed by atoms with E-state index >= 15 is 0 Å². The molecule has 1 N–H and O–H groups in total. The Bertz CT molecular complexity index is 361. The lowest BCUT2D eigenvalue weighted by Gasteiger charge is -2.37. The lowest BCUT2D eigenvalue weighted by molar-refractivity contribution is -0.0390. The van der Waals surface area contributed by atoms with Crippen LogP contribution in [0.5, 0.6) is 0 Å². The summed E-state index contributed by atoms with van der Waals surface area (Å²) in [6.07, 6.45) is 2.62. The average Bonchev–Trinajstić information content (AvgIpc) is 2.14. The van der Waals surface area contributed by atoms with Gasteiger partial charge in [0.25, 0.3) is 0 Å². The maximum absolute atomic E-state index is 10.0. The molecule has 0 bridgehead atoms. The number of nitrogens with zero attached hydrogens (tertiary/aromatic N) is 1. The zero-order chi connectivity index (χ0) is 9.31. The summed E-state index contributed by atoms with van der Waals surface area (Å²) in [5.74, 6) is 0. The van der Waals surface area contributed by atoms with Crippen LogP contribution in [0.1, 0.15) is 30.4 Å². The second-order valence-corrected chi connectivity index (χ2v) is 3.54. The van der Waals surface area contributed by atoms with Crippen LogP contribution in [-0.2, 0) is 5.60 Å². The fourth-order valence-corrected chi connectivity index (χ4v) is 1.77. The van der Waals surface area contributed by atoms with Crippen molar-refractivity contribution in [2.24, 2.45) is 0 Å². The lowest BCUT2D eigenvalue weighted by Crippen LogP contribution is -2.34. The molecule has 0 heterocycles. The number of hydrogen-bond acceptors (Lipinski definition) is 2. The van der Waals surface area contributed by atoms with Gasteiger partial charge in [-0.2, -0.15) is 5.26 Å². The van der Waals surface area contributed by atoms with Crippen molar-refractivity contribution in [2.45, 2.75) is 24.9 Å². The molecule has 1 aliphatic carbocycles. The quantitative estimate of drug-likeness (QED) is 0.705. The largest absolute Gasteiger partial charge is 0.385 e. The Morgan fingerprint density at radius 1 is 1.31 bits per heavy atom. The Morgan fingerprint density at radius 2 is 2.00 bits per heavy atom. The van der Waals surface area contributed by atoms with Gasteiger partial charge in [0.15, 0.2) is 0 Å². The first-order chi connectivity index (χ1) is 6.26. The van der Waals surface area contributed by atoms with E-state index in [1.165, 1.54) is 0 Å². The van der Waals surface area contributed by atoms with E-state index in [1.54, 1.807) is 6.07 Å². The van der Waals surface area contributed by atoms with Crippen LogP contribution in [0.4, 0.5) is 0 Å². The summed E-state index contributed by atoms with van der Waals surface area (Å²) in [4.78, 5) is 0. The van der Waals surface area contributed by atoms with Crippen molar-refractivity contribution in [1.82, 2.24) is 0 Å². The molecule has 0 atom stereocenters. The van der Waals surface area contributed by atoms with Gasteiger partial charge in [-0.25, -0.2) is 0 Å². The van der Waals surface area contributed by atoms with Gasteiger partial charge in [-0.15, -0.1) is 0 Å². The van der Waals surface area contributed by atoms with Gasteiger partial charge in [0, 0.05) is 5.56 Å². The SMILES string of the molecule is N#Cc1ccccc1C1(O)CCC1. The molecule has 66 valence electrons. The molecule has 0 amide bonds. The molecule has 0 unspecified atom stereocenters. The van der Waals surface area contributed by atoms with Gasteiger partial charge in [-0.1, -0.05) is 18.2 Å². The summed E-state index contributed by atoms with van der Waals surface area (Å²) in [7, 11) is 0. The first-order valence-electron chi connectivity index (χ1n) is 4.48. The highest BCUT2D eigenvalue weighted by Crippen LogP contribution is 2.42.